The molecule has 3 rings (SSSR count). The minimum Gasteiger partial charge on any atom is -0.398 e. The Kier molecular flexibility index (Phi) is 2.70. The Bertz CT molecular complexity index is 580. The molecule has 1 aromatic heterocycles. The molecule has 1 heterocycles. The highest BCUT2D eigenvalue weighted by Crippen LogP contribution is 2.39. The predicted molar refractivity (Wildman–Crippen MR) is 69.9 cm³/mol. The summed E-state index contributed by atoms with van der Waals surface area (Å²) in [6.45, 7) is 3.11. The molecule has 0 saturated heterocycles. The van der Waals surface area contributed by atoms with Crippen LogP contribution in [-0.4, -0.2) is 20.2 Å². The SMILES string of the molecule is CC1CC1Cn1nnnc1-c1ccc(Cl)c(N)c1. The molecular formula is C12H14ClN5. The van der Waals surface area contributed by atoms with Gasteiger partial charge in [-0.1, -0.05) is 18.5 Å². The molecule has 2 atom stereocenters. The Morgan fingerprint density at radius 1 is 1.50 bits per heavy atom. The lowest BCUT2D eigenvalue weighted by Gasteiger charge is -2.05. The normalized spacial score (nSPS) is 22.1. The molecule has 0 amide bonds. The number of benzene rings is 1. The topological polar surface area (TPSA) is 69.6 Å². The molecule has 1 fully saturated rings. The lowest BCUT2D eigenvalue weighted by Crippen LogP contribution is -2.05. The summed E-state index contributed by atoms with van der Waals surface area (Å²) in [6.07, 6.45) is 1.25. The van der Waals surface area contributed by atoms with E-state index in [0.717, 1.165) is 23.9 Å². The molecule has 1 aliphatic rings. The van der Waals surface area contributed by atoms with Crippen molar-refractivity contribution < 1.29 is 0 Å². The Balaban J connectivity index is 1.91. The fourth-order valence-electron chi connectivity index (χ4n) is 2.09. The van der Waals surface area contributed by atoms with Crippen molar-refractivity contribution in [1.82, 2.24) is 20.2 Å². The third-order valence-electron chi connectivity index (χ3n) is 3.47. The molecule has 0 radical (unpaired) electrons. The van der Waals surface area contributed by atoms with Crippen LogP contribution in [0.25, 0.3) is 11.4 Å². The summed E-state index contributed by atoms with van der Waals surface area (Å²) >= 11 is 5.91. The molecule has 0 aliphatic heterocycles. The number of hydrogen-bond donors (Lipinski definition) is 1. The zero-order valence-electron chi connectivity index (χ0n) is 10.0. The molecule has 1 saturated carbocycles. The first kappa shape index (κ1) is 11.5. The highest BCUT2D eigenvalue weighted by molar-refractivity contribution is 6.33. The molecule has 2 aromatic rings. The maximum Gasteiger partial charge on any atom is 0.182 e. The number of nitrogens with two attached hydrogens (primary N) is 1. The zero-order chi connectivity index (χ0) is 12.7. The maximum atomic E-state index is 5.91. The monoisotopic (exact) mass is 263 g/mol. The van der Waals surface area contributed by atoms with Crippen molar-refractivity contribution in [3.05, 3.63) is 23.2 Å². The number of nitrogen functional groups attached to an aromatic ring is 1. The highest BCUT2D eigenvalue weighted by atomic mass is 35.5. The van der Waals surface area contributed by atoms with Gasteiger partial charge in [0.25, 0.3) is 0 Å². The second-order valence-electron chi connectivity index (χ2n) is 4.89. The van der Waals surface area contributed by atoms with Crippen molar-refractivity contribution in [2.75, 3.05) is 5.73 Å². The smallest absolute Gasteiger partial charge is 0.182 e. The van der Waals surface area contributed by atoms with Crippen LogP contribution in [0.15, 0.2) is 18.2 Å². The van der Waals surface area contributed by atoms with Gasteiger partial charge in [0, 0.05) is 12.1 Å². The van der Waals surface area contributed by atoms with Gasteiger partial charge in [-0.15, -0.1) is 5.10 Å². The van der Waals surface area contributed by atoms with Gasteiger partial charge in [0.1, 0.15) is 0 Å². The largest absolute Gasteiger partial charge is 0.398 e. The summed E-state index contributed by atoms with van der Waals surface area (Å²) in [5.74, 6) is 2.21. The fourth-order valence-corrected chi connectivity index (χ4v) is 2.21. The van der Waals surface area contributed by atoms with Crippen LogP contribution in [0.5, 0.6) is 0 Å². The van der Waals surface area contributed by atoms with Crippen LogP contribution in [0, 0.1) is 11.8 Å². The first-order valence-corrected chi connectivity index (χ1v) is 6.34. The Morgan fingerprint density at radius 2 is 2.28 bits per heavy atom. The Morgan fingerprint density at radius 3 is 2.94 bits per heavy atom. The third-order valence-corrected chi connectivity index (χ3v) is 3.81. The van der Waals surface area contributed by atoms with E-state index >= 15 is 0 Å². The fraction of sp³-hybridized carbons (Fsp3) is 0.417. The summed E-state index contributed by atoms with van der Waals surface area (Å²) in [6, 6.07) is 5.46. The van der Waals surface area contributed by atoms with Gasteiger partial charge in [-0.2, -0.15) is 0 Å². The van der Waals surface area contributed by atoms with Crippen molar-refractivity contribution in [3.8, 4) is 11.4 Å². The van der Waals surface area contributed by atoms with E-state index in [2.05, 4.69) is 22.4 Å². The Hall–Kier alpha value is -1.62. The first-order valence-electron chi connectivity index (χ1n) is 5.96. The number of aromatic nitrogens is 4. The van der Waals surface area contributed by atoms with E-state index in [1.54, 1.807) is 12.1 Å². The number of nitrogens with zero attached hydrogens (tertiary/aromatic N) is 4. The summed E-state index contributed by atoms with van der Waals surface area (Å²) in [4.78, 5) is 0. The van der Waals surface area contributed by atoms with Crippen molar-refractivity contribution in [2.24, 2.45) is 11.8 Å². The van der Waals surface area contributed by atoms with E-state index in [0.29, 0.717) is 16.6 Å². The molecule has 5 nitrogen and oxygen atoms in total. The Labute approximate surface area is 110 Å². The molecule has 2 unspecified atom stereocenters. The molecule has 0 bridgehead atoms. The third kappa shape index (κ3) is 2.06. The van der Waals surface area contributed by atoms with Crippen LogP contribution < -0.4 is 5.73 Å². The van der Waals surface area contributed by atoms with Crippen LogP contribution >= 0.6 is 11.6 Å². The highest BCUT2D eigenvalue weighted by Gasteiger charge is 2.33. The van der Waals surface area contributed by atoms with E-state index in [9.17, 15) is 0 Å². The quantitative estimate of drug-likeness (QED) is 0.862. The molecule has 1 aliphatic carbocycles. The van der Waals surface area contributed by atoms with E-state index < -0.39 is 0 Å². The molecule has 2 N–H and O–H groups in total. The first-order chi connectivity index (χ1) is 8.65. The van der Waals surface area contributed by atoms with Crippen LogP contribution in [-0.2, 0) is 6.54 Å². The number of halogens is 1. The number of hydrogen-bond acceptors (Lipinski definition) is 4. The zero-order valence-corrected chi connectivity index (χ0v) is 10.8. The minimum atomic E-state index is 0.545. The second kappa shape index (κ2) is 4.24. The average molecular weight is 264 g/mol. The van der Waals surface area contributed by atoms with E-state index in [-0.39, 0.29) is 0 Å². The van der Waals surface area contributed by atoms with Crippen molar-refractivity contribution in [2.45, 2.75) is 19.9 Å². The van der Waals surface area contributed by atoms with Crippen molar-refractivity contribution in [3.63, 3.8) is 0 Å². The van der Waals surface area contributed by atoms with Gasteiger partial charge >= 0.3 is 0 Å². The van der Waals surface area contributed by atoms with Gasteiger partial charge < -0.3 is 5.73 Å². The van der Waals surface area contributed by atoms with Crippen LogP contribution in [0.1, 0.15) is 13.3 Å². The van der Waals surface area contributed by atoms with Crippen molar-refractivity contribution in [1.29, 1.82) is 0 Å². The van der Waals surface area contributed by atoms with Crippen molar-refractivity contribution >= 4 is 17.3 Å². The number of anilines is 1. The van der Waals surface area contributed by atoms with E-state index in [1.807, 2.05) is 10.7 Å². The lowest BCUT2D eigenvalue weighted by molar-refractivity contribution is 0.528. The molecular weight excluding hydrogens is 250 g/mol. The number of tetrazole rings is 1. The maximum absolute atomic E-state index is 5.91. The van der Waals surface area contributed by atoms with E-state index in [1.165, 1.54) is 6.42 Å². The average Bonchev–Trinajstić information content (AvgIpc) is 2.86. The number of rotatable bonds is 3. The van der Waals surface area contributed by atoms with Crippen LogP contribution in [0.3, 0.4) is 0 Å². The van der Waals surface area contributed by atoms with Gasteiger partial charge in [0.05, 0.1) is 10.7 Å². The second-order valence-corrected chi connectivity index (χ2v) is 5.30. The molecule has 18 heavy (non-hydrogen) atoms. The van der Waals surface area contributed by atoms with Gasteiger partial charge in [0.15, 0.2) is 5.82 Å². The molecule has 94 valence electrons. The summed E-state index contributed by atoms with van der Waals surface area (Å²) < 4.78 is 1.84. The molecule has 0 spiro atoms. The summed E-state index contributed by atoms with van der Waals surface area (Å²) in [7, 11) is 0. The van der Waals surface area contributed by atoms with E-state index in [4.69, 9.17) is 17.3 Å². The van der Waals surface area contributed by atoms with Gasteiger partial charge in [-0.3, -0.25) is 0 Å². The van der Waals surface area contributed by atoms with Crippen LogP contribution in [0.2, 0.25) is 5.02 Å². The van der Waals surface area contributed by atoms with Gasteiger partial charge in [0.2, 0.25) is 0 Å². The molecule has 1 aromatic carbocycles. The minimum absolute atomic E-state index is 0.545. The molecule has 6 heteroatoms. The predicted octanol–water partition coefficient (Wildman–Crippen LogP) is 2.23. The lowest BCUT2D eigenvalue weighted by atomic mass is 10.2. The standard InChI is InChI=1S/C12H14ClN5/c1-7-4-9(7)6-18-12(15-16-17-18)8-2-3-10(13)11(14)5-8/h2-3,5,7,9H,4,6,14H2,1H3. The van der Waals surface area contributed by atoms with Crippen LogP contribution in [0.4, 0.5) is 5.69 Å². The summed E-state index contributed by atoms with van der Waals surface area (Å²) in [5.41, 5.74) is 7.25. The van der Waals surface area contributed by atoms with Gasteiger partial charge in [-0.25, -0.2) is 4.68 Å². The summed E-state index contributed by atoms with van der Waals surface area (Å²) in [5, 5.41) is 12.4. The van der Waals surface area contributed by atoms with Gasteiger partial charge in [-0.05, 0) is 46.9 Å².